The summed E-state index contributed by atoms with van der Waals surface area (Å²) in [5.41, 5.74) is 0.510. The van der Waals surface area contributed by atoms with Gasteiger partial charge in [0.15, 0.2) is 0 Å². The minimum atomic E-state index is 0.510. The first-order chi connectivity index (χ1) is 5.24. The largest absolute Gasteiger partial charge is 0.314 e. The molecule has 0 amide bonds. The summed E-state index contributed by atoms with van der Waals surface area (Å²) in [5.74, 6) is 3.06. The van der Waals surface area contributed by atoms with Gasteiger partial charge in [0.05, 0.1) is 0 Å². The molecule has 0 heterocycles. The van der Waals surface area contributed by atoms with Crippen molar-refractivity contribution in [2.75, 3.05) is 7.05 Å². The lowest BCUT2D eigenvalue weighted by Gasteiger charge is -2.08. The molecule has 0 aromatic heterocycles. The van der Waals surface area contributed by atoms with Crippen molar-refractivity contribution >= 4 is 0 Å². The Morgan fingerprint density at radius 3 is 2.36 bits per heavy atom. The average Bonchev–Trinajstić information content (AvgIpc) is 2.83. The van der Waals surface area contributed by atoms with Gasteiger partial charge < -0.3 is 5.32 Å². The highest BCUT2D eigenvalue weighted by atomic mass is 15.0. The summed E-state index contributed by atoms with van der Waals surface area (Å²) in [6.45, 7) is 4.72. The van der Waals surface area contributed by atoms with E-state index in [9.17, 15) is 0 Å². The standard InChI is InChI=1S/C10H19N/c1-4-8-9(7-5-6-7)10(8,2)11-3/h7-9,11H,4-6H2,1-3H3. The molecule has 0 aromatic rings. The summed E-state index contributed by atoms with van der Waals surface area (Å²) in [5, 5.41) is 3.49. The Morgan fingerprint density at radius 2 is 2.09 bits per heavy atom. The molecule has 0 aliphatic heterocycles. The maximum Gasteiger partial charge on any atom is 0.0215 e. The quantitative estimate of drug-likeness (QED) is 0.654. The molecule has 1 heteroatoms. The first-order valence-corrected chi connectivity index (χ1v) is 4.93. The SMILES string of the molecule is CCC1C(C2CC2)C1(C)NC. The summed E-state index contributed by atoms with van der Waals surface area (Å²) >= 11 is 0. The third kappa shape index (κ3) is 0.936. The van der Waals surface area contributed by atoms with Crippen molar-refractivity contribution in [2.45, 2.75) is 38.6 Å². The zero-order chi connectivity index (χ0) is 8.06. The second kappa shape index (κ2) is 2.22. The van der Waals surface area contributed by atoms with E-state index >= 15 is 0 Å². The van der Waals surface area contributed by atoms with Gasteiger partial charge in [-0.1, -0.05) is 13.3 Å². The van der Waals surface area contributed by atoms with E-state index in [-0.39, 0.29) is 0 Å². The van der Waals surface area contributed by atoms with Gasteiger partial charge in [-0.2, -0.15) is 0 Å². The fourth-order valence-electron chi connectivity index (χ4n) is 2.94. The summed E-state index contributed by atoms with van der Waals surface area (Å²) in [7, 11) is 2.12. The van der Waals surface area contributed by atoms with Crippen LogP contribution in [0.25, 0.3) is 0 Å². The van der Waals surface area contributed by atoms with Crippen LogP contribution < -0.4 is 5.32 Å². The highest BCUT2D eigenvalue weighted by Crippen LogP contribution is 2.62. The summed E-state index contributed by atoms with van der Waals surface area (Å²) in [6.07, 6.45) is 4.36. The molecule has 3 atom stereocenters. The van der Waals surface area contributed by atoms with Crippen LogP contribution in [0.3, 0.4) is 0 Å². The van der Waals surface area contributed by atoms with Crippen LogP contribution in [0.2, 0.25) is 0 Å². The van der Waals surface area contributed by atoms with Crippen molar-refractivity contribution < 1.29 is 0 Å². The second-order valence-electron chi connectivity index (χ2n) is 4.41. The van der Waals surface area contributed by atoms with Gasteiger partial charge in [0, 0.05) is 5.54 Å². The monoisotopic (exact) mass is 153 g/mol. The Morgan fingerprint density at radius 1 is 1.45 bits per heavy atom. The molecule has 0 saturated heterocycles. The van der Waals surface area contributed by atoms with Crippen LogP contribution >= 0.6 is 0 Å². The third-order valence-electron chi connectivity index (χ3n) is 3.90. The Kier molecular flexibility index (Phi) is 1.54. The Hall–Kier alpha value is -0.0400. The number of hydrogen-bond donors (Lipinski definition) is 1. The van der Waals surface area contributed by atoms with Gasteiger partial charge >= 0.3 is 0 Å². The molecular formula is C10H19N. The topological polar surface area (TPSA) is 12.0 Å². The highest BCUT2D eigenvalue weighted by molar-refractivity contribution is 5.18. The lowest BCUT2D eigenvalue weighted by atomic mass is 10.2. The van der Waals surface area contributed by atoms with Gasteiger partial charge in [-0.05, 0) is 44.6 Å². The fraction of sp³-hybridized carbons (Fsp3) is 1.00. The van der Waals surface area contributed by atoms with Gasteiger partial charge in [-0.3, -0.25) is 0 Å². The van der Waals surface area contributed by atoms with Crippen molar-refractivity contribution in [3.05, 3.63) is 0 Å². The van der Waals surface area contributed by atoms with Crippen molar-refractivity contribution in [3.63, 3.8) is 0 Å². The third-order valence-corrected chi connectivity index (χ3v) is 3.90. The molecule has 64 valence electrons. The maximum atomic E-state index is 3.49. The van der Waals surface area contributed by atoms with Gasteiger partial charge in [0.1, 0.15) is 0 Å². The molecule has 2 aliphatic rings. The van der Waals surface area contributed by atoms with Crippen LogP contribution in [-0.2, 0) is 0 Å². The molecule has 2 rings (SSSR count). The summed E-state index contributed by atoms with van der Waals surface area (Å²) < 4.78 is 0. The maximum absolute atomic E-state index is 3.49. The van der Waals surface area contributed by atoms with E-state index in [1.807, 2.05) is 0 Å². The zero-order valence-electron chi connectivity index (χ0n) is 7.85. The molecule has 1 N–H and O–H groups in total. The molecule has 0 radical (unpaired) electrons. The summed E-state index contributed by atoms with van der Waals surface area (Å²) in [6, 6.07) is 0. The molecule has 2 saturated carbocycles. The van der Waals surface area contributed by atoms with Crippen LogP contribution in [0, 0.1) is 17.8 Å². The Labute approximate surface area is 69.6 Å². The van der Waals surface area contributed by atoms with E-state index in [0.29, 0.717) is 5.54 Å². The second-order valence-corrected chi connectivity index (χ2v) is 4.41. The smallest absolute Gasteiger partial charge is 0.0215 e. The molecule has 2 aliphatic carbocycles. The first kappa shape index (κ1) is 7.60. The fourth-order valence-corrected chi connectivity index (χ4v) is 2.94. The molecule has 1 nitrogen and oxygen atoms in total. The van der Waals surface area contributed by atoms with E-state index in [1.165, 1.54) is 19.3 Å². The van der Waals surface area contributed by atoms with E-state index in [0.717, 1.165) is 17.8 Å². The van der Waals surface area contributed by atoms with Crippen LogP contribution in [-0.4, -0.2) is 12.6 Å². The van der Waals surface area contributed by atoms with Crippen molar-refractivity contribution in [1.29, 1.82) is 0 Å². The number of rotatable bonds is 3. The normalized spacial score (nSPS) is 49.4. The van der Waals surface area contributed by atoms with Gasteiger partial charge in [-0.15, -0.1) is 0 Å². The zero-order valence-corrected chi connectivity index (χ0v) is 7.85. The minimum absolute atomic E-state index is 0.510. The van der Waals surface area contributed by atoms with E-state index in [1.54, 1.807) is 0 Å². The van der Waals surface area contributed by atoms with E-state index in [4.69, 9.17) is 0 Å². The van der Waals surface area contributed by atoms with Gasteiger partial charge in [-0.25, -0.2) is 0 Å². The summed E-state index contributed by atoms with van der Waals surface area (Å²) in [4.78, 5) is 0. The molecule has 0 aromatic carbocycles. The molecular weight excluding hydrogens is 134 g/mol. The van der Waals surface area contributed by atoms with Crippen molar-refractivity contribution in [2.24, 2.45) is 17.8 Å². The Balaban J connectivity index is 2.01. The van der Waals surface area contributed by atoms with Crippen molar-refractivity contribution in [3.8, 4) is 0 Å². The van der Waals surface area contributed by atoms with Crippen LogP contribution in [0.15, 0.2) is 0 Å². The number of nitrogens with one attached hydrogen (secondary N) is 1. The van der Waals surface area contributed by atoms with E-state index < -0.39 is 0 Å². The average molecular weight is 153 g/mol. The lowest BCUT2D eigenvalue weighted by molar-refractivity contribution is 0.502. The lowest BCUT2D eigenvalue weighted by Crippen LogP contribution is -2.27. The first-order valence-electron chi connectivity index (χ1n) is 4.93. The molecule has 0 spiro atoms. The molecule has 0 bridgehead atoms. The molecule has 11 heavy (non-hydrogen) atoms. The Bertz CT molecular complexity index is 162. The van der Waals surface area contributed by atoms with Gasteiger partial charge in [0.2, 0.25) is 0 Å². The predicted molar refractivity (Wildman–Crippen MR) is 47.5 cm³/mol. The van der Waals surface area contributed by atoms with Crippen LogP contribution in [0.5, 0.6) is 0 Å². The molecule has 2 fully saturated rings. The van der Waals surface area contributed by atoms with Gasteiger partial charge in [0.25, 0.3) is 0 Å². The van der Waals surface area contributed by atoms with E-state index in [2.05, 4.69) is 26.2 Å². The number of hydrogen-bond acceptors (Lipinski definition) is 1. The van der Waals surface area contributed by atoms with Crippen molar-refractivity contribution in [1.82, 2.24) is 5.32 Å². The van der Waals surface area contributed by atoms with Crippen LogP contribution in [0.4, 0.5) is 0 Å². The predicted octanol–water partition coefficient (Wildman–Crippen LogP) is 2.03. The highest BCUT2D eigenvalue weighted by Gasteiger charge is 2.63. The van der Waals surface area contributed by atoms with Crippen LogP contribution in [0.1, 0.15) is 33.1 Å². The minimum Gasteiger partial charge on any atom is -0.314 e. The molecule has 3 unspecified atom stereocenters.